The van der Waals surface area contributed by atoms with Gasteiger partial charge in [0.2, 0.25) is 5.88 Å². The van der Waals surface area contributed by atoms with E-state index >= 15 is 4.39 Å². The molecule has 36 heavy (non-hydrogen) atoms. The van der Waals surface area contributed by atoms with Crippen molar-refractivity contribution in [2.75, 3.05) is 12.5 Å². The van der Waals surface area contributed by atoms with Crippen LogP contribution in [0.2, 0.25) is 10.0 Å². The molecule has 0 spiro atoms. The van der Waals surface area contributed by atoms with E-state index in [1.807, 2.05) is 47.1 Å². The van der Waals surface area contributed by atoms with Crippen LogP contribution >= 0.6 is 33.4 Å². The molecule has 2 aromatic rings. The van der Waals surface area contributed by atoms with Crippen LogP contribution in [0.1, 0.15) is 57.8 Å². The third-order valence-corrected chi connectivity index (χ3v) is 14.3. The van der Waals surface area contributed by atoms with Gasteiger partial charge in [-0.3, -0.25) is 4.79 Å². The number of hydrogen-bond donors (Lipinski definition) is 1. The van der Waals surface area contributed by atoms with E-state index in [9.17, 15) is 9.00 Å². The molecule has 0 saturated heterocycles. The zero-order chi connectivity index (χ0) is 27.2. The number of halogens is 3. The summed E-state index contributed by atoms with van der Waals surface area (Å²) >= 11 is 12.6. The molecule has 1 atom stereocenters. The van der Waals surface area contributed by atoms with Gasteiger partial charge in [0, 0.05) is 16.9 Å². The highest BCUT2D eigenvalue weighted by Crippen LogP contribution is 2.59. The molecular formula is C24H32Cl2FN3O4S2. The molecule has 1 N–H and O–H groups in total. The Bertz CT molecular complexity index is 1280. The zero-order valence-electron chi connectivity index (χ0n) is 21.4. The summed E-state index contributed by atoms with van der Waals surface area (Å²) in [7, 11) is -5.59. The van der Waals surface area contributed by atoms with Crippen molar-refractivity contribution >= 4 is 49.2 Å². The van der Waals surface area contributed by atoms with Crippen LogP contribution in [0.25, 0.3) is 0 Å². The fraction of sp³-hybridized carbons (Fsp3) is 0.500. The zero-order valence-corrected chi connectivity index (χ0v) is 24.5. The van der Waals surface area contributed by atoms with Crippen LogP contribution in [0.4, 0.5) is 4.39 Å². The molecule has 1 unspecified atom stereocenters. The number of carbonyl (C=O) groups excluding carboxylic acids is 1. The van der Waals surface area contributed by atoms with E-state index in [4.69, 9.17) is 37.5 Å². The Balaban J connectivity index is 1.97. The molecule has 0 radical (unpaired) electrons. The summed E-state index contributed by atoms with van der Waals surface area (Å²) in [4.78, 5) is 17.8. The van der Waals surface area contributed by atoms with Crippen molar-refractivity contribution in [2.45, 2.75) is 63.6 Å². The average Bonchev–Trinajstić information content (AvgIpc) is 3.57. The molecule has 1 amide bonds. The van der Waals surface area contributed by atoms with Gasteiger partial charge in [0.15, 0.2) is 0 Å². The van der Waals surface area contributed by atoms with Crippen LogP contribution in [0.3, 0.4) is 0 Å². The number of nitrogens with one attached hydrogen (secondary N) is 1. The minimum atomic E-state index is -3.48. The van der Waals surface area contributed by atoms with Gasteiger partial charge in [0.25, 0.3) is 5.91 Å². The van der Waals surface area contributed by atoms with Crippen molar-refractivity contribution in [2.24, 2.45) is 0 Å². The summed E-state index contributed by atoms with van der Waals surface area (Å²) in [6, 6.07) is 3.59. The lowest BCUT2D eigenvalue weighted by Crippen LogP contribution is -2.46. The third-order valence-electron chi connectivity index (χ3n) is 5.91. The van der Waals surface area contributed by atoms with Crippen LogP contribution in [-0.4, -0.2) is 47.4 Å². The monoisotopic (exact) mass is 579 g/mol. The van der Waals surface area contributed by atoms with Crippen molar-refractivity contribution in [1.29, 1.82) is 4.78 Å². The first-order valence-electron chi connectivity index (χ1n) is 11.3. The van der Waals surface area contributed by atoms with E-state index in [0.717, 1.165) is 15.8 Å². The van der Waals surface area contributed by atoms with Crippen LogP contribution < -0.4 is 9.47 Å². The molecule has 1 aromatic carbocycles. The Labute approximate surface area is 224 Å². The Morgan fingerprint density at radius 1 is 1.19 bits per heavy atom. The summed E-state index contributed by atoms with van der Waals surface area (Å²) < 4.78 is 49.4. The molecule has 1 aliphatic carbocycles. The van der Waals surface area contributed by atoms with Gasteiger partial charge in [-0.05, 0) is 45.3 Å². The quantitative estimate of drug-likeness (QED) is 0.350. The average molecular weight is 581 g/mol. The molecule has 0 aliphatic heterocycles. The van der Waals surface area contributed by atoms with E-state index in [2.05, 4.69) is 4.98 Å². The minimum absolute atomic E-state index is 0.0372. The first-order chi connectivity index (χ1) is 16.5. The Hall–Kier alpha value is -1.75. The first-order valence-corrected chi connectivity index (χ1v) is 16.0. The maximum Gasteiger partial charge on any atom is 0.278 e. The van der Waals surface area contributed by atoms with E-state index in [-0.39, 0.29) is 39.1 Å². The summed E-state index contributed by atoms with van der Waals surface area (Å²) in [6.07, 6.45) is 6.07. The number of aromatic nitrogens is 1. The van der Waals surface area contributed by atoms with Gasteiger partial charge < -0.3 is 9.47 Å². The molecule has 1 heterocycles. The second-order valence-corrected chi connectivity index (χ2v) is 17.6. The maximum atomic E-state index is 15.3. The molecule has 200 valence electrons. The lowest BCUT2D eigenvalue weighted by Gasteiger charge is -2.52. The predicted octanol–water partition coefficient (Wildman–Crippen LogP) is 7.45. The van der Waals surface area contributed by atoms with Gasteiger partial charge >= 0.3 is 0 Å². The minimum Gasteiger partial charge on any atom is -0.474 e. The molecule has 12 heteroatoms. The van der Waals surface area contributed by atoms with Gasteiger partial charge in [0.05, 0.1) is 28.1 Å². The molecule has 3 rings (SSSR count). The highest BCUT2D eigenvalue weighted by Gasteiger charge is 2.48. The molecule has 0 bridgehead atoms. The highest BCUT2D eigenvalue weighted by molar-refractivity contribution is 8.36. The van der Waals surface area contributed by atoms with Gasteiger partial charge in [-0.1, -0.05) is 44.0 Å². The molecule has 1 aliphatic rings. The smallest absolute Gasteiger partial charge is 0.278 e. The van der Waals surface area contributed by atoms with Crippen LogP contribution in [0.15, 0.2) is 24.4 Å². The van der Waals surface area contributed by atoms with Gasteiger partial charge in [-0.2, -0.15) is 10.2 Å². The second-order valence-electron chi connectivity index (χ2n) is 10.2. The van der Waals surface area contributed by atoms with E-state index in [0.29, 0.717) is 12.8 Å². The number of carbonyl (C=O) groups is 1. The van der Waals surface area contributed by atoms with E-state index in [1.165, 1.54) is 12.3 Å². The van der Waals surface area contributed by atoms with Crippen molar-refractivity contribution in [3.63, 3.8) is 0 Å². The second kappa shape index (κ2) is 10.2. The van der Waals surface area contributed by atoms with Crippen LogP contribution in [0.5, 0.6) is 17.4 Å². The summed E-state index contributed by atoms with van der Waals surface area (Å²) in [6.45, 7) is 9.43. The van der Waals surface area contributed by atoms with Crippen LogP contribution in [-0.2, 0) is 9.92 Å². The standard InChI is InChI=1S/C24H32Cl2FN3O4S2/c1-14(2)33-22-19(26)10-15(13-29-22)34-21-12-20(27)17(11-18(21)25)23(31)30(35(6,7)24(3,4)5)36(28,32)16-8-9-16/h10-14,16,28H,8-9H2,1-7H3. The van der Waals surface area contributed by atoms with Crippen molar-refractivity contribution < 1.29 is 22.9 Å². The normalized spacial score (nSPS) is 16.4. The molecule has 1 fully saturated rings. The number of pyridine rings is 1. The highest BCUT2D eigenvalue weighted by atomic mass is 35.5. The predicted molar refractivity (Wildman–Crippen MR) is 146 cm³/mol. The van der Waals surface area contributed by atoms with Crippen molar-refractivity contribution in [3.8, 4) is 17.4 Å². The van der Waals surface area contributed by atoms with Crippen molar-refractivity contribution in [1.82, 2.24) is 8.69 Å². The molecule has 1 aromatic heterocycles. The summed E-state index contributed by atoms with van der Waals surface area (Å²) in [5, 5.41) is -0.251. The van der Waals surface area contributed by atoms with Gasteiger partial charge in [-0.15, -0.1) is 0 Å². The fourth-order valence-electron chi connectivity index (χ4n) is 3.15. The maximum absolute atomic E-state index is 15.3. The Morgan fingerprint density at radius 2 is 1.81 bits per heavy atom. The van der Waals surface area contributed by atoms with Crippen LogP contribution in [0, 0.1) is 10.6 Å². The van der Waals surface area contributed by atoms with Gasteiger partial charge in [0.1, 0.15) is 32.3 Å². The Morgan fingerprint density at radius 3 is 2.31 bits per heavy atom. The summed E-state index contributed by atoms with van der Waals surface area (Å²) in [5.41, 5.74) is -0.366. The summed E-state index contributed by atoms with van der Waals surface area (Å²) in [5.74, 6) is -1.35. The lowest BCUT2D eigenvalue weighted by molar-refractivity contribution is 0.0922. The van der Waals surface area contributed by atoms with E-state index < -0.39 is 41.9 Å². The fourth-order valence-corrected chi connectivity index (χ4v) is 9.20. The largest absolute Gasteiger partial charge is 0.474 e. The SMILES string of the molecule is CC(C)Oc1ncc(Oc2cc(F)c(C(=O)N(S(C)(C)C(C)(C)C)S(=N)(=O)C3CC3)cc2Cl)cc1Cl. The van der Waals surface area contributed by atoms with Gasteiger partial charge in [-0.25, -0.2) is 22.1 Å². The number of benzene rings is 1. The number of ether oxygens (including phenoxy) is 2. The Kier molecular flexibility index (Phi) is 8.16. The number of nitrogens with zero attached hydrogens (tertiary/aromatic N) is 2. The van der Waals surface area contributed by atoms with Crippen molar-refractivity contribution in [3.05, 3.63) is 45.8 Å². The molecular weight excluding hydrogens is 548 g/mol. The topological polar surface area (TPSA) is 92.6 Å². The number of rotatable bonds is 8. The lowest BCUT2D eigenvalue weighted by atomic mass is 10.2. The molecule has 7 nitrogen and oxygen atoms in total. The third kappa shape index (κ3) is 5.87. The first kappa shape index (κ1) is 28.8. The van der Waals surface area contributed by atoms with E-state index in [1.54, 1.807) is 0 Å². The molecule has 1 saturated carbocycles. The number of hydrogen-bond acceptors (Lipinski definition) is 6. The number of amides is 1.